The highest BCUT2D eigenvalue weighted by atomic mass is 79.9. The SMILES string of the molecule is CC(C)(C)OC(=O)N1CCCC1CNc1ncc(-c2cncc(C#N)c2)nc1Br. The summed E-state index contributed by atoms with van der Waals surface area (Å²) in [5, 5.41) is 12.3. The Hall–Kier alpha value is -2.73. The van der Waals surface area contributed by atoms with E-state index >= 15 is 0 Å². The summed E-state index contributed by atoms with van der Waals surface area (Å²) in [5.74, 6) is 0.592. The number of carbonyl (C=O) groups excluding carboxylic acids is 1. The Balaban J connectivity index is 1.66. The van der Waals surface area contributed by atoms with Crippen molar-refractivity contribution in [2.45, 2.75) is 45.3 Å². The lowest BCUT2D eigenvalue weighted by Gasteiger charge is -2.28. The molecule has 8 nitrogen and oxygen atoms in total. The van der Waals surface area contributed by atoms with Crippen molar-refractivity contribution in [1.82, 2.24) is 19.9 Å². The first-order valence-electron chi connectivity index (χ1n) is 9.38. The van der Waals surface area contributed by atoms with Gasteiger partial charge in [-0.1, -0.05) is 0 Å². The molecule has 1 amide bonds. The number of pyridine rings is 1. The topological polar surface area (TPSA) is 104 Å². The van der Waals surface area contributed by atoms with Crippen LogP contribution in [0.2, 0.25) is 0 Å². The lowest BCUT2D eigenvalue weighted by Crippen LogP contribution is -2.42. The van der Waals surface area contributed by atoms with Crippen LogP contribution in [0.4, 0.5) is 10.6 Å². The minimum Gasteiger partial charge on any atom is -0.444 e. The molecule has 0 saturated carbocycles. The number of hydrogen-bond acceptors (Lipinski definition) is 7. The average Bonchev–Trinajstić information content (AvgIpc) is 3.14. The van der Waals surface area contributed by atoms with Crippen LogP contribution in [-0.4, -0.2) is 50.7 Å². The Labute approximate surface area is 178 Å². The van der Waals surface area contributed by atoms with Crippen molar-refractivity contribution >= 4 is 27.8 Å². The summed E-state index contributed by atoms with van der Waals surface area (Å²) >= 11 is 3.45. The van der Waals surface area contributed by atoms with Crippen LogP contribution in [0, 0.1) is 11.3 Å². The second-order valence-corrected chi connectivity index (χ2v) is 8.57. The minimum absolute atomic E-state index is 0.0368. The number of rotatable bonds is 4. The van der Waals surface area contributed by atoms with Gasteiger partial charge < -0.3 is 15.0 Å². The molecule has 29 heavy (non-hydrogen) atoms. The molecule has 152 valence electrons. The summed E-state index contributed by atoms with van der Waals surface area (Å²) in [6, 6.07) is 3.82. The van der Waals surface area contributed by atoms with E-state index in [1.807, 2.05) is 20.8 Å². The van der Waals surface area contributed by atoms with Gasteiger partial charge in [0, 0.05) is 31.0 Å². The monoisotopic (exact) mass is 458 g/mol. The van der Waals surface area contributed by atoms with Gasteiger partial charge in [-0.05, 0) is 55.6 Å². The third-order valence-electron chi connectivity index (χ3n) is 4.40. The number of carbonyl (C=O) groups is 1. The van der Waals surface area contributed by atoms with Crippen LogP contribution in [0.5, 0.6) is 0 Å². The first-order valence-corrected chi connectivity index (χ1v) is 10.2. The standard InChI is InChI=1S/C20H23BrN6O2/c1-20(2,3)29-19(28)27-6-4-5-15(27)11-24-18-17(21)26-16(12-25-18)14-7-13(8-22)9-23-10-14/h7,9-10,12,15H,4-6,11H2,1-3H3,(H,24,25). The van der Waals surface area contributed by atoms with E-state index in [1.165, 1.54) is 6.20 Å². The number of likely N-dealkylation sites (tertiary alicyclic amines) is 1. The molecule has 0 aliphatic carbocycles. The third-order valence-corrected chi connectivity index (χ3v) is 4.96. The van der Waals surface area contributed by atoms with Gasteiger partial charge in [0.25, 0.3) is 0 Å². The Kier molecular flexibility index (Phi) is 6.33. The highest BCUT2D eigenvalue weighted by molar-refractivity contribution is 9.10. The first kappa shape index (κ1) is 21.0. The lowest BCUT2D eigenvalue weighted by atomic mass is 10.2. The van der Waals surface area contributed by atoms with Crippen molar-refractivity contribution in [3.63, 3.8) is 0 Å². The molecule has 1 N–H and O–H groups in total. The summed E-state index contributed by atoms with van der Waals surface area (Å²) in [7, 11) is 0. The van der Waals surface area contributed by atoms with Crippen LogP contribution in [0.3, 0.4) is 0 Å². The number of nitriles is 1. The van der Waals surface area contributed by atoms with E-state index in [1.54, 1.807) is 23.4 Å². The van der Waals surface area contributed by atoms with Gasteiger partial charge in [-0.15, -0.1) is 0 Å². The van der Waals surface area contributed by atoms with Crippen molar-refractivity contribution in [1.29, 1.82) is 5.26 Å². The average molecular weight is 459 g/mol. The van der Waals surface area contributed by atoms with E-state index in [9.17, 15) is 4.79 Å². The number of anilines is 1. The molecule has 3 rings (SSSR count). The van der Waals surface area contributed by atoms with E-state index in [0.717, 1.165) is 18.4 Å². The second kappa shape index (κ2) is 8.74. The zero-order valence-corrected chi connectivity index (χ0v) is 18.2. The van der Waals surface area contributed by atoms with Crippen LogP contribution in [0.25, 0.3) is 11.3 Å². The van der Waals surface area contributed by atoms with Crippen LogP contribution in [-0.2, 0) is 4.74 Å². The smallest absolute Gasteiger partial charge is 0.410 e. The molecule has 1 atom stereocenters. The fourth-order valence-corrected chi connectivity index (χ4v) is 3.52. The molecule has 2 aromatic rings. The lowest BCUT2D eigenvalue weighted by molar-refractivity contribution is 0.0235. The highest BCUT2D eigenvalue weighted by Gasteiger charge is 2.32. The number of amides is 1. The third kappa shape index (κ3) is 5.41. The van der Waals surface area contributed by atoms with Gasteiger partial charge in [0.2, 0.25) is 0 Å². The maximum absolute atomic E-state index is 12.4. The number of nitrogens with one attached hydrogen (secondary N) is 1. The molecule has 1 aliphatic rings. The predicted molar refractivity (Wildman–Crippen MR) is 112 cm³/mol. The van der Waals surface area contributed by atoms with E-state index in [4.69, 9.17) is 10.00 Å². The van der Waals surface area contributed by atoms with E-state index in [2.05, 4.69) is 42.3 Å². The quantitative estimate of drug-likeness (QED) is 0.738. The molecule has 3 heterocycles. The second-order valence-electron chi connectivity index (χ2n) is 7.82. The van der Waals surface area contributed by atoms with E-state index in [0.29, 0.717) is 34.8 Å². The molecule has 0 aromatic carbocycles. The van der Waals surface area contributed by atoms with Crippen molar-refractivity contribution in [2.24, 2.45) is 0 Å². The fourth-order valence-electron chi connectivity index (χ4n) is 3.09. The molecule has 0 bridgehead atoms. The number of nitrogens with zero attached hydrogens (tertiary/aromatic N) is 5. The number of halogens is 1. The van der Waals surface area contributed by atoms with Crippen molar-refractivity contribution in [3.05, 3.63) is 34.8 Å². The van der Waals surface area contributed by atoms with Crippen molar-refractivity contribution in [2.75, 3.05) is 18.4 Å². The normalized spacial score (nSPS) is 16.4. The summed E-state index contributed by atoms with van der Waals surface area (Å²) in [5.41, 5.74) is 1.28. The highest BCUT2D eigenvalue weighted by Crippen LogP contribution is 2.25. The Morgan fingerprint density at radius 3 is 2.90 bits per heavy atom. The van der Waals surface area contributed by atoms with Crippen molar-refractivity contribution in [3.8, 4) is 17.3 Å². The molecule has 1 unspecified atom stereocenters. The largest absolute Gasteiger partial charge is 0.444 e. The maximum atomic E-state index is 12.4. The van der Waals surface area contributed by atoms with Crippen LogP contribution >= 0.6 is 15.9 Å². The minimum atomic E-state index is -0.514. The molecule has 1 aliphatic heterocycles. The van der Waals surface area contributed by atoms with Gasteiger partial charge in [-0.3, -0.25) is 4.98 Å². The van der Waals surface area contributed by atoms with Gasteiger partial charge in [0.15, 0.2) is 5.82 Å². The van der Waals surface area contributed by atoms with Gasteiger partial charge in [-0.2, -0.15) is 5.26 Å². The Morgan fingerprint density at radius 1 is 1.41 bits per heavy atom. The first-order chi connectivity index (χ1) is 13.8. The van der Waals surface area contributed by atoms with Crippen LogP contribution in [0.15, 0.2) is 29.3 Å². The van der Waals surface area contributed by atoms with Gasteiger partial charge >= 0.3 is 6.09 Å². The van der Waals surface area contributed by atoms with E-state index in [-0.39, 0.29) is 12.1 Å². The molecular formula is C20H23BrN6O2. The zero-order valence-electron chi connectivity index (χ0n) is 16.6. The Bertz CT molecular complexity index is 937. The Morgan fingerprint density at radius 2 is 2.21 bits per heavy atom. The molecular weight excluding hydrogens is 436 g/mol. The summed E-state index contributed by atoms with van der Waals surface area (Å²) < 4.78 is 6.06. The fraction of sp³-hybridized carbons (Fsp3) is 0.450. The summed E-state index contributed by atoms with van der Waals surface area (Å²) in [6.45, 7) is 6.84. The molecule has 0 spiro atoms. The summed E-state index contributed by atoms with van der Waals surface area (Å²) in [4.78, 5) is 27.2. The van der Waals surface area contributed by atoms with Crippen LogP contribution in [0.1, 0.15) is 39.2 Å². The molecule has 0 radical (unpaired) electrons. The molecule has 2 aromatic heterocycles. The zero-order chi connectivity index (χ0) is 21.0. The summed E-state index contributed by atoms with van der Waals surface area (Å²) in [6.07, 6.45) is 6.33. The number of hydrogen-bond donors (Lipinski definition) is 1. The predicted octanol–water partition coefficient (Wildman–Crippen LogP) is 3.98. The molecule has 1 fully saturated rings. The van der Waals surface area contributed by atoms with Crippen molar-refractivity contribution < 1.29 is 9.53 Å². The maximum Gasteiger partial charge on any atom is 0.410 e. The molecule has 1 saturated heterocycles. The number of aromatic nitrogens is 3. The van der Waals surface area contributed by atoms with Gasteiger partial charge in [0.05, 0.1) is 23.5 Å². The van der Waals surface area contributed by atoms with Crippen LogP contribution < -0.4 is 5.32 Å². The van der Waals surface area contributed by atoms with E-state index < -0.39 is 5.60 Å². The van der Waals surface area contributed by atoms with Gasteiger partial charge in [-0.25, -0.2) is 14.8 Å². The molecule has 9 heteroatoms. The number of ether oxygens (including phenoxy) is 1. The van der Waals surface area contributed by atoms with Gasteiger partial charge in [0.1, 0.15) is 16.3 Å².